The predicted octanol–water partition coefficient (Wildman–Crippen LogP) is 3.82. The van der Waals surface area contributed by atoms with E-state index >= 15 is 0 Å². The van der Waals surface area contributed by atoms with Crippen LogP contribution in [0.4, 0.5) is 8.78 Å². The first kappa shape index (κ1) is 15.2. The molecule has 3 rings (SSSR count). The Kier molecular flexibility index (Phi) is 3.61. The van der Waals surface area contributed by atoms with E-state index in [0.717, 1.165) is 12.1 Å². The number of pyridine rings is 1. The van der Waals surface area contributed by atoms with Crippen LogP contribution in [-0.2, 0) is 0 Å². The topological polar surface area (TPSA) is 70.2 Å². The molecule has 23 heavy (non-hydrogen) atoms. The Hall–Kier alpha value is -2.73. The summed E-state index contributed by atoms with van der Waals surface area (Å²) in [6.07, 6.45) is 0. The van der Waals surface area contributed by atoms with E-state index in [1.54, 1.807) is 0 Å². The van der Waals surface area contributed by atoms with Crippen LogP contribution in [0.5, 0.6) is 0 Å². The number of benzene rings is 2. The lowest BCUT2D eigenvalue weighted by atomic mass is 10.0. The second kappa shape index (κ2) is 5.48. The lowest BCUT2D eigenvalue weighted by molar-refractivity contribution is 0.0696. The molecular weight excluding hydrogens is 328 g/mol. The quantitative estimate of drug-likeness (QED) is 0.748. The van der Waals surface area contributed by atoms with Gasteiger partial charge in [-0.05, 0) is 30.3 Å². The van der Waals surface area contributed by atoms with Crippen molar-refractivity contribution in [3.63, 3.8) is 0 Å². The van der Waals surface area contributed by atoms with Crippen LogP contribution in [0, 0.1) is 11.6 Å². The van der Waals surface area contributed by atoms with E-state index in [9.17, 15) is 23.5 Å². The number of carbonyl (C=O) groups is 1. The van der Waals surface area contributed by atoms with Crippen LogP contribution in [0.15, 0.2) is 41.2 Å². The molecule has 0 aliphatic carbocycles. The molecule has 2 N–H and O–H groups in total. The molecule has 0 unspecified atom stereocenters. The largest absolute Gasteiger partial charge is 0.477 e. The summed E-state index contributed by atoms with van der Waals surface area (Å²) in [7, 11) is 0. The predicted molar refractivity (Wildman–Crippen MR) is 81.9 cm³/mol. The number of aromatic carboxylic acids is 1. The van der Waals surface area contributed by atoms with Crippen LogP contribution in [0.3, 0.4) is 0 Å². The van der Waals surface area contributed by atoms with E-state index in [4.69, 9.17) is 11.6 Å². The Morgan fingerprint density at radius 1 is 1.09 bits per heavy atom. The van der Waals surface area contributed by atoms with Gasteiger partial charge in [-0.3, -0.25) is 4.79 Å². The van der Waals surface area contributed by atoms with Gasteiger partial charge in [0.1, 0.15) is 17.2 Å². The molecule has 116 valence electrons. The molecule has 0 spiro atoms. The van der Waals surface area contributed by atoms with Gasteiger partial charge in [-0.1, -0.05) is 11.6 Å². The highest BCUT2D eigenvalue weighted by Gasteiger charge is 2.20. The molecule has 0 atom stereocenters. The van der Waals surface area contributed by atoms with Crippen LogP contribution >= 0.6 is 11.6 Å². The van der Waals surface area contributed by atoms with Crippen LogP contribution in [-0.4, -0.2) is 16.1 Å². The summed E-state index contributed by atoms with van der Waals surface area (Å²) in [5.41, 5.74) is -1.33. The Balaban J connectivity index is 2.44. The maximum Gasteiger partial charge on any atom is 0.341 e. The Morgan fingerprint density at radius 2 is 1.74 bits per heavy atom. The number of H-pyrrole nitrogens is 1. The first-order valence-electron chi connectivity index (χ1n) is 6.42. The molecule has 3 aromatic rings. The molecule has 0 saturated carbocycles. The number of fused-ring (bicyclic) bond motifs is 1. The zero-order valence-corrected chi connectivity index (χ0v) is 12.1. The molecule has 0 bridgehead atoms. The zero-order chi connectivity index (χ0) is 16.7. The molecule has 0 amide bonds. The molecule has 0 aliphatic heterocycles. The highest BCUT2D eigenvalue weighted by atomic mass is 35.5. The fourth-order valence-corrected chi connectivity index (χ4v) is 2.55. The highest BCUT2D eigenvalue weighted by Crippen LogP contribution is 2.25. The van der Waals surface area contributed by atoms with E-state index < -0.39 is 28.6 Å². The van der Waals surface area contributed by atoms with Gasteiger partial charge in [0.2, 0.25) is 5.43 Å². The smallest absolute Gasteiger partial charge is 0.341 e. The lowest BCUT2D eigenvalue weighted by Crippen LogP contribution is -2.18. The maximum atomic E-state index is 13.4. The summed E-state index contributed by atoms with van der Waals surface area (Å²) in [5, 5.41) is 9.68. The zero-order valence-electron chi connectivity index (χ0n) is 11.4. The Morgan fingerprint density at radius 3 is 2.35 bits per heavy atom. The van der Waals surface area contributed by atoms with Crippen molar-refractivity contribution in [3.05, 3.63) is 68.8 Å². The number of rotatable bonds is 2. The minimum absolute atomic E-state index is 0.0751. The lowest BCUT2D eigenvalue weighted by Gasteiger charge is -2.09. The minimum atomic E-state index is -1.51. The van der Waals surface area contributed by atoms with Crippen molar-refractivity contribution in [3.8, 4) is 11.3 Å². The first-order valence-corrected chi connectivity index (χ1v) is 6.80. The summed E-state index contributed by atoms with van der Waals surface area (Å²) in [5.74, 6) is -3.27. The number of hydrogen-bond donors (Lipinski definition) is 2. The molecule has 1 aromatic heterocycles. The second-order valence-electron chi connectivity index (χ2n) is 4.86. The molecule has 1 heterocycles. The summed E-state index contributed by atoms with van der Waals surface area (Å²) in [4.78, 5) is 26.7. The number of nitrogens with one attached hydrogen (secondary N) is 1. The van der Waals surface area contributed by atoms with Crippen LogP contribution < -0.4 is 5.43 Å². The Bertz CT molecular complexity index is 994. The third-order valence-electron chi connectivity index (χ3n) is 3.33. The van der Waals surface area contributed by atoms with Crippen molar-refractivity contribution in [1.29, 1.82) is 0 Å². The monoisotopic (exact) mass is 335 g/mol. The van der Waals surface area contributed by atoms with Gasteiger partial charge in [-0.15, -0.1) is 0 Å². The molecule has 4 nitrogen and oxygen atoms in total. The Labute approximate surface area is 133 Å². The van der Waals surface area contributed by atoms with E-state index in [-0.39, 0.29) is 21.7 Å². The summed E-state index contributed by atoms with van der Waals surface area (Å²) in [6, 6.07) is 6.88. The molecule has 0 aliphatic rings. The molecule has 2 aromatic carbocycles. The van der Waals surface area contributed by atoms with Gasteiger partial charge >= 0.3 is 5.97 Å². The molecule has 0 radical (unpaired) electrons. The highest BCUT2D eigenvalue weighted by molar-refractivity contribution is 6.31. The number of aromatic nitrogens is 1. The van der Waals surface area contributed by atoms with Crippen LogP contribution in [0.2, 0.25) is 5.02 Å². The van der Waals surface area contributed by atoms with Gasteiger partial charge < -0.3 is 10.1 Å². The molecule has 0 fully saturated rings. The normalized spacial score (nSPS) is 10.9. The van der Waals surface area contributed by atoms with Crippen molar-refractivity contribution in [1.82, 2.24) is 4.98 Å². The van der Waals surface area contributed by atoms with Crippen LogP contribution in [0.25, 0.3) is 22.2 Å². The molecule has 0 saturated heterocycles. The minimum Gasteiger partial charge on any atom is -0.477 e. The summed E-state index contributed by atoms with van der Waals surface area (Å²) >= 11 is 5.82. The average Bonchev–Trinajstić information content (AvgIpc) is 2.46. The number of carboxylic acid groups (broad SMARTS) is 1. The van der Waals surface area contributed by atoms with Crippen molar-refractivity contribution >= 4 is 28.5 Å². The third-order valence-corrected chi connectivity index (χ3v) is 3.56. The first-order chi connectivity index (χ1) is 10.9. The summed E-state index contributed by atoms with van der Waals surface area (Å²) in [6.45, 7) is 0. The van der Waals surface area contributed by atoms with E-state index in [0.29, 0.717) is 11.6 Å². The number of hydrogen-bond acceptors (Lipinski definition) is 2. The van der Waals surface area contributed by atoms with E-state index in [1.807, 2.05) is 0 Å². The summed E-state index contributed by atoms with van der Waals surface area (Å²) < 4.78 is 26.8. The average molecular weight is 336 g/mol. The van der Waals surface area contributed by atoms with E-state index in [1.165, 1.54) is 18.2 Å². The van der Waals surface area contributed by atoms with Gasteiger partial charge in [0.25, 0.3) is 0 Å². The van der Waals surface area contributed by atoms with Crippen molar-refractivity contribution in [2.24, 2.45) is 0 Å². The molecule has 7 heteroatoms. The fourth-order valence-electron chi connectivity index (χ4n) is 2.38. The third kappa shape index (κ3) is 2.68. The maximum absolute atomic E-state index is 13.4. The van der Waals surface area contributed by atoms with Crippen molar-refractivity contribution in [2.45, 2.75) is 0 Å². The van der Waals surface area contributed by atoms with Crippen molar-refractivity contribution in [2.75, 3.05) is 0 Å². The van der Waals surface area contributed by atoms with Crippen LogP contribution in [0.1, 0.15) is 10.4 Å². The van der Waals surface area contributed by atoms with Gasteiger partial charge in [0, 0.05) is 27.6 Å². The fraction of sp³-hybridized carbons (Fsp3) is 0. The van der Waals surface area contributed by atoms with E-state index in [2.05, 4.69) is 4.98 Å². The number of halogens is 3. The van der Waals surface area contributed by atoms with Gasteiger partial charge in [-0.25, -0.2) is 13.6 Å². The van der Waals surface area contributed by atoms with Gasteiger partial charge in [0.05, 0.1) is 5.69 Å². The van der Waals surface area contributed by atoms with Crippen molar-refractivity contribution < 1.29 is 18.7 Å². The SMILES string of the molecule is O=C(O)c1c(-c2cc(F)cc(F)c2)[nH]c2ccc(Cl)cc2c1=O. The molecular formula is C16H8ClF2NO3. The van der Waals surface area contributed by atoms with Gasteiger partial charge in [-0.2, -0.15) is 0 Å². The number of aromatic amines is 1. The second-order valence-corrected chi connectivity index (χ2v) is 5.29. The van der Waals surface area contributed by atoms with Gasteiger partial charge in [0.15, 0.2) is 0 Å². The number of carboxylic acids is 1. The standard InChI is InChI=1S/C16H8ClF2NO3/c17-8-1-2-12-11(5-8)15(21)13(16(22)23)14(20-12)7-3-9(18)6-10(19)4-7/h1-6H,(H,20,21)(H,22,23).